The molecule has 3 rings (SSSR count). The van der Waals surface area contributed by atoms with Crippen molar-refractivity contribution >= 4 is 0 Å². The second kappa shape index (κ2) is 4.90. The smallest absolute Gasteiger partial charge is 0.150 e. The molecule has 0 spiro atoms. The van der Waals surface area contributed by atoms with E-state index in [0.717, 1.165) is 5.76 Å². The largest absolute Gasteiger partial charge is 0.360 e. The topological polar surface area (TPSA) is 51.0 Å². The molecular weight excluding hydrogens is 226 g/mol. The second-order valence-electron chi connectivity index (χ2n) is 4.88. The molecule has 1 aliphatic carbocycles. The molecule has 4 heteroatoms. The molecule has 2 heterocycles. The zero-order chi connectivity index (χ0) is 12.4. The van der Waals surface area contributed by atoms with E-state index in [9.17, 15) is 0 Å². The molecule has 0 aliphatic heterocycles. The van der Waals surface area contributed by atoms with Gasteiger partial charge in [0, 0.05) is 12.3 Å². The predicted octanol–water partition coefficient (Wildman–Crippen LogP) is 2.62. The number of pyridine rings is 1. The summed E-state index contributed by atoms with van der Waals surface area (Å²) in [5.74, 6) is 1.58. The average Bonchev–Trinajstić information content (AvgIpc) is 3.08. The van der Waals surface area contributed by atoms with E-state index < -0.39 is 0 Å². The fourth-order valence-corrected chi connectivity index (χ4v) is 2.28. The Morgan fingerprint density at radius 1 is 1.39 bits per heavy atom. The Balaban J connectivity index is 1.74. The van der Waals surface area contributed by atoms with Gasteiger partial charge in [0.15, 0.2) is 0 Å². The summed E-state index contributed by atoms with van der Waals surface area (Å²) in [6, 6.07) is 6.33. The summed E-state index contributed by atoms with van der Waals surface area (Å²) in [5, 5.41) is 7.27. The van der Waals surface area contributed by atoms with Crippen LogP contribution >= 0.6 is 0 Å². The molecule has 1 N–H and O–H groups in total. The SMILES string of the molecule is Cc1cccnc1C(NCc1ccno1)C1CC1. The lowest BCUT2D eigenvalue weighted by Gasteiger charge is -2.18. The zero-order valence-electron chi connectivity index (χ0n) is 10.5. The monoisotopic (exact) mass is 243 g/mol. The molecule has 18 heavy (non-hydrogen) atoms. The summed E-state index contributed by atoms with van der Waals surface area (Å²) < 4.78 is 5.12. The second-order valence-corrected chi connectivity index (χ2v) is 4.88. The maximum absolute atomic E-state index is 5.12. The summed E-state index contributed by atoms with van der Waals surface area (Å²) in [6.07, 6.45) is 6.11. The highest BCUT2D eigenvalue weighted by molar-refractivity contribution is 5.23. The van der Waals surface area contributed by atoms with E-state index in [4.69, 9.17) is 4.52 Å². The molecule has 1 saturated carbocycles. The highest BCUT2D eigenvalue weighted by Crippen LogP contribution is 2.41. The normalized spacial score (nSPS) is 16.7. The standard InChI is InChI=1S/C14H17N3O/c1-10-3-2-7-15-13(10)14(11-4-5-11)16-9-12-6-8-17-18-12/h2-3,6-8,11,14,16H,4-5,9H2,1H3. The van der Waals surface area contributed by atoms with E-state index in [1.54, 1.807) is 6.20 Å². The summed E-state index contributed by atoms with van der Waals surface area (Å²) in [5.41, 5.74) is 2.42. The molecule has 1 atom stereocenters. The first-order chi connectivity index (χ1) is 8.84. The number of aromatic nitrogens is 2. The van der Waals surface area contributed by atoms with Crippen LogP contribution in [0.4, 0.5) is 0 Å². The van der Waals surface area contributed by atoms with Gasteiger partial charge in [-0.3, -0.25) is 4.98 Å². The first kappa shape index (κ1) is 11.4. The Morgan fingerprint density at radius 3 is 2.94 bits per heavy atom. The minimum absolute atomic E-state index is 0.330. The quantitative estimate of drug-likeness (QED) is 0.877. The van der Waals surface area contributed by atoms with Crippen molar-refractivity contribution in [3.05, 3.63) is 47.6 Å². The predicted molar refractivity (Wildman–Crippen MR) is 67.8 cm³/mol. The van der Waals surface area contributed by atoms with Gasteiger partial charge in [0.25, 0.3) is 0 Å². The van der Waals surface area contributed by atoms with Crippen molar-refractivity contribution < 1.29 is 4.52 Å². The molecule has 4 nitrogen and oxygen atoms in total. The van der Waals surface area contributed by atoms with Crippen molar-refractivity contribution in [3.63, 3.8) is 0 Å². The van der Waals surface area contributed by atoms with Crippen LogP contribution in [0.5, 0.6) is 0 Å². The van der Waals surface area contributed by atoms with Crippen LogP contribution < -0.4 is 5.32 Å². The molecule has 1 fully saturated rings. The lowest BCUT2D eigenvalue weighted by atomic mass is 10.0. The van der Waals surface area contributed by atoms with Gasteiger partial charge >= 0.3 is 0 Å². The number of aryl methyl sites for hydroxylation is 1. The van der Waals surface area contributed by atoms with Crippen LogP contribution in [0.2, 0.25) is 0 Å². The average molecular weight is 243 g/mol. The Morgan fingerprint density at radius 2 is 2.28 bits per heavy atom. The third kappa shape index (κ3) is 2.43. The third-order valence-corrected chi connectivity index (χ3v) is 3.43. The number of hydrogen-bond donors (Lipinski definition) is 1. The van der Waals surface area contributed by atoms with Crippen LogP contribution in [0.1, 0.15) is 35.9 Å². The van der Waals surface area contributed by atoms with Crippen LogP contribution in [0, 0.1) is 12.8 Å². The maximum atomic E-state index is 5.12. The highest BCUT2D eigenvalue weighted by atomic mass is 16.5. The van der Waals surface area contributed by atoms with Crippen molar-refractivity contribution in [2.75, 3.05) is 0 Å². The molecule has 0 amide bonds. The fraction of sp³-hybridized carbons (Fsp3) is 0.429. The number of hydrogen-bond acceptors (Lipinski definition) is 4. The summed E-state index contributed by atoms with van der Waals surface area (Å²) in [4.78, 5) is 4.53. The number of rotatable bonds is 5. The Hall–Kier alpha value is -1.68. The van der Waals surface area contributed by atoms with E-state index in [0.29, 0.717) is 18.5 Å². The molecule has 1 aliphatic rings. The van der Waals surface area contributed by atoms with Gasteiger partial charge in [0.05, 0.1) is 24.5 Å². The first-order valence-corrected chi connectivity index (χ1v) is 6.39. The molecule has 2 aromatic heterocycles. The third-order valence-electron chi connectivity index (χ3n) is 3.43. The summed E-state index contributed by atoms with van der Waals surface area (Å²) in [6.45, 7) is 2.82. The Bertz CT molecular complexity index is 506. The van der Waals surface area contributed by atoms with Crippen molar-refractivity contribution in [2.45, 2.75) is 32.4 Å². The molecule has 0 aromatic carbocycles. The molecule has 0 radical (unpaired) electrons. The van der Waals surface area contributed by atoms with Gasteiger partial charge in [-0.15, -0.1) is 0 Å². The van der Waals surface area contributed by atoms with E-state index in [1.165, 1.54) is 24.1 Å². The lowest BCUT2D eigenvalue weighted by molar-refractivity contribution is 0.355. The first-order valence-electron chi connectivity index (χ1n) is 6.39. The lowest BCUT2D eigenvalue weighted by Crippen LogP contribution is -2.24. The van der Waals surface area contributed by atoms with Crippen molar-refractivity contribution in [1.82, 2.24) is 15.5 Å². The van der Waals surface area contributed by atoms with Crippen molar-refractivity contribution in [2.24, 2.45) is 5.92 Å². The number of nitrogens with zero attached hydrogens (tertiary/aromatic N) is 2. The molecule has 1 unspecified atom stereocenters. The number of nitrogens with one attached hydrogen (secondary N) is 1. The van der Waals surface area contributed by atoms with Crippen LogP contribution in [0.15, 0.2) is 35.1 Å². The highest BCUT2D eigenvalue weighted by Gasteiger charge is 2.33. The van der Waals surface area contributed by atoms with Gasteiger partial charge in [-0.2, -0.15) is 0 Å². The summed E-state index contributed by atoms with van der Waals surface area (Å²) >= 11 is 0. The van der Waals surface area contributed by atoms with E-state index in [2.05, 4.69) is 28.4 Å². The van der Waals surface area contributed by atoms with Crippen LogP contribution in [0.25, 0.3) is 0 Å². The molecule has 0 bridgehead atoms. The Labute approximate surface area is 106 Å². The maximum Gasteiger partial charge on any atom is 0.150 e. The van der Waals surface area contributed by atoms with Gasteiger partial charge in [-0.05, 0) is 37.3 Å². The minimum atomic E-state index is 0.330. The zero-order valence-corrected chi connectivity index (χ0v) is 10.5. The van der Waals surface area contributed by atoms with Gasteiger partial charge in [0.2, 0.25) is 0 Å². The van der Waals surface area contributed by atoms with Crippen LogP contribution in [-0.4, -0.2) is 10.1 Å². The molecule has 0 saturated heterocycles. The fourth-order valence-electron chi connectivity index (χ4n) is 2.28. The molecule has 94 valence electrons. The molecule has 2 aromatic rings. The summed E-state index contributed by atoms with van der Waals surface area (Å²) in [7, 11) is 0. The van der Waals surface area contributed by atoms with Crippen LogP contribution in [0.3, 0.4) is 0 Å². The van der Waals surface area contributed by atoms with Gasteiger partial charge in [0.1, 0.15) is 5.76 Å². The van der Waals surface area contributed by atoms with E-state index >= 15 is 0 Å². The van der Waals surface area contributed by atoms with Gasteiger partial charge < -0.3 is 9.84 Å². The van der Waals surface area contributed by atoms with Gasteiger partial charge in [-0.1, -0.05) is 11.2 Å². The van der Waals surface area contributed by atoms with E-state index in [1.807, 2.05) is 18.3 Å². The van der Waals surface area contributed by atoms with Crippen molar-refractivity contribution in [1.29, 1.82) is 0 Å². The Kier molecular flexibility index (Phi) is 3.11. The molecular formula is C14H17N3O. The van der Waals surface area contributed by atoms with Crippen molar-refractivity contribution in [3.8, 4) is 0 Å². The van der Waals surface area contributed by atoms with E-state index in [-0.39, 0.29) is 0 Å². The van der Waals surface area contributed by atoms with Gasteiger partial charge in [-0.25, -0.2) is 0 Å². The minimum Gasteiger partial charge on any atom is -0.360 e. The van der Waals surface area contributed by atoms with Crippen LogP contribution in [-0.2, 0) is 6.54 Å².